The van der Waals surface area contributed by atoms with Crippen LogP contribution in [0, 0.1) is 0 Å². The van der Waals surface area contributed by atoms with Gasteiger partial charge in [0.15, 0.2) is 0 Å². The minimum Gasteiger partial charge on any atom is -0.368 e. The Bertz CT molecular complexity index is 410. The molecule has 3 nitrogen and oxygen atoms in total. The fraction of sp³-hybridized carbons (Fsp3) is 0.0714. The first-order valence-electron chi connectivity index (χ1n) is 5.38. The molecule has 2 aliphatic rings. The van der Waals surface area contributed by atoms with Gasteiger partial charge in [0.1, 0.15) is 0 Å². The Morgan fingerprint density at radius 1 is 1.06 bits per heavy atom. The highest BCUT2D eigenvalue weighted by atomic mass is 16.1. The largest absolute Gasteiger partial charge is 0.368 e. The maximum atomic E-state index is 10.6. The number of hydrogen-bond donors (Lipinski definition) is 2. The van der Waals surface area contributed by atoms with Crippen molar-refractivity contribution in [1.29, 1.82) is 0 Å². The molecule has 3 N–H and O–H groups in total. The van der Waals surface area contributed by atoms with Crippen molar-refractivity contribution in [3.63, 3.8) is 0 Å². The van der Waals surface area contributed by atoms with Gasteiger partial charge in [0.25, 0.3) is 0 Å². The minimum atomic E-state index is -0.361. The zero-order valence-corrected chi connectivity index (χ0v) is 9.54. The maximum Gasteiger partial charge on any atom is 0.248 e. The number of primary amides is 1. The van der Waals surface area contributed by atoms with Crippen LogP contribution in [0.25, 0.3) is 0 Å². The molecule has 1 aliphatic heterocycles. The molecule has 0 aromatic rings. The van der Waals surface area contributed by atoms with Gasteiger partial charge in [0, 0.05) is 18.0 Å². The van der Waals surface area contributed by atoms with Crippen molar-refractivity contribution >= 4 is 5.91 Å². The van der Waals surface area contributed by atoms with Crippen LogP contribution in [0.1, 0.15) is 6.42 Å². The Morgan fingerprint density at radius 3 is 2.41 bits per heavy atom. The van der Waals surface area contributed by atoms with E-state index in [0.29, 0.717) is 5.57 Å². The first-order valence-corrected chi connectivity index (χ1v) is 5.38. The van der Waals surface area contributed by atoms with E-state index in [1.54, 1.807) is 6.08 Å². The van der Waals surface area contributed by atoms with Gasteiger partial charge in [-0.2, -0.15) is 0 Å². The molecule has 1 aliphatic carbocycles. The van der Waals surface area contributed by atoms with E-state index in [-0.39, 0.29) is 5.91 Å². The van der Waals surface area contributed by atoms with E-state index in [2.05, 4.69) is 5.32 Å². The fourth-order valence-corrected chi connectivity index (χ4v) is 1.17. The normalized spacial score (nSPS) is 16.1. The van der Waals surface area contributed by atoms with E-state index in [1.807, 2.05) is 61.0 Å². The van der Waals surface area contributed by atoms with Gasteiger partial charge in [-0.05, 0) is 24.6 Å². The molecule has 0 spiro atoms. The standard InChI is InChI=1S/C8H9NO.C6H7N/c9-8(10)7-5-3-1-2-4-6-7;1-2-4-6-7-5-3-1/h1-3,5-6H,4H2,(H2,9,10);1-7H. The molecule has 0 radical (unpaired) electrons. The van der Waals surface area contributed by atoms with Crippen LogP contribution in [0.5, 0.6) is 0 Å². The molecule has 0 bridgehead atoms. The van der Waals surface area contributed by atoms with E-state index in [4.69, 9.17) is 5.73 Å². The monoisotopic (exact) mass is 228 g/mol. The Kier molecular flexibility index (Phi) is 5.96. The average molecular weight is 228 g/mol. The molecule has 88 valence electrons. The molecular formula is C14H16N2O. The highest BCUT2D eigenvalue weighted by Crippen LogP contribution is 2.03. The van der Waals surface area contributed by atoms with Crippen LogP contribution in [0.4, 0.5) is 0 Å². The summed E-state index contributed by atoms with van der Waals surface area (Å²) in [5.74, 6) is -0.361. The summed E-state index contributed by atoms with van der Waals surface area (Å²) in [6.07, 6.45) is 21.6. The molecular weight excluding hydrogens is 212 g/mol. The highest BCUT2D eigenvalue weighted by Gasteiger charge is 1.98. The van der Waals surface area contributed by atoms with Crippen LogP contribution in [-0.2, 0) is 4.79 Å². The lowest BCUT2D eigenvalue weighted by atomic mass is 10.2. The van der Waals surface area contributed by atoms with Gasteiger partial charge in [-0.25, -0.2) is 0 Å². The van der Waals surface area contributed by atoms with E-state index >= 15 is 0 Å². The van der Waals surface area contributed by atoms with Gasteiger partial charge in [-0.15, -0.1) is 0 Å². The summed E-state index contributed by atoms with van der Waals surface area (Å²) in [4.78, 5) is 10.6. The summed E-state index contributed by atoms with van der Waals surface area (Å²) < 4.78 is 0. The van der Waals surface area contributed by atoms with E-state index < -0.39 is 0 Å². The summed E-state index contributed by atoms with van der Waals surface area (Å²) in [5.41, 5.74) is 5.64. The fourth-order valence-electron chi connectivity index (χ4n) is 1.17. The molecule has 1 heterocycles. The molecule has 0 aromatic heterocycles. The predicted octanol–water partition coefficient (Wildman–Crippen LogP) is 2.09. The smallest absolute Gasteiger partial charge is 0.248 e. The molecule has 2 rings (SSSR count). The number of carbonyl (C=O) groups excluding carboxylic acids is 1. The summed E-state index contributed by atoms with van der Waals surface area (Å²) in [6.45, 7) is 0. The Hall–Kier alpha value is -2.29. The topological polar surface area (TPSA) is 55.1 Å². The van der Waals surface area contributed by atoms with Crippen LogP contribution in [0.15, 0.2) is 72.7 Å². The number of nitrogens with two attached hydrogens (primary N) is 1. The van der Waals surface area contributed by atoms with Gasteiger partial charge in [-0.3, -0.25) is 4.79 Å². The van der Waals surface area contributed by atoms with Crippen LogP contribution in [0.2, 0.25) is 0 Å². The molecule has 1 amide bonds. The molecule has 3 heteroatoms. The van der Waals surface area contributed by atoms with Crippen molar-refractivity contribution < 1.29 is 4.79 Å². The maximum absolute atomic E-state index is 10.6. The van der Waals surface area contributed by atoms with Gasteiger partial charge in [0.2, 0.25) is 5.91 Å². The minimum absolute atomic E-state index is 0.361. The van der Waals surface area contributed by atoms with Crippen molar-refractivity contribution in [1.82, 2.24) is 5.32 Å². The third-order valence-electron chi connectivity index (χ3n) is 2.00. The Morgan fingerprint density at radius 2 is 1.76 bits per heavy atom. The lowest BCUT2D eigenvalue weighted by Crippen LogP contribution is -2.12. The van der Waals surface area contributed by atoms with Gasteiger partial charge in [-0.1, -0.05) is 36.5 Å². The number of rotatable bonds is 1. The molecule has 0 atom stereocenters. The number of nitrogens with one attached hydrogen (secondary N) is 1. The van der Waals surface area contributed by atoms with Crippen LogP contribution in [0.3, 0.4) is 0 Å². The second-order valence-electron chi connectivity index (χ2n) is 3.32. The van der Waals surface area contributed by atoms with Crippen LogP contribution < -0.4 is 11.1 Å². The van der Waals surface area contributed by atoms with E-state index in [1.165, 1.54) is 0 Å². The van der Waals surface area contributed by atoms with Crippen molar-refractivity contribution in [2.75, 3.05) is 0 Å². The highest BCUT2D eigenvalue weighted by molar-refractivity contribution is 5.94. The van der Waals surface area contributed by atoms with Gasteiger partial charge in [0.05, 0.1) is 0 Å². The zero-order valence-electron chi connectivity index (χ0n) is 9.54. The molecule has 0 fully saturated rings. The van der Waals surface area contributed by atoms with Crippen LogP contribution in [-0.4, -0.2) is 5.91 Å². The zero-order chi connectivity index (χ0) is 12.3. The Labute approximate surface area is 101 Å². The third-order valence-corrected chi connectivity index (χ3v) is 2.00. The first kappa shape index (κ1) is 12.8. The summed E-state index contributed by atoms with van der Waals surface area (Å²) in [6, 6.07) is 0. The number of hydrogen-bond acceptors (Lipinski definition) is 2. The molecule has 0 aromatic carbocycles. The number of amides is 1. The predicted molar refractivity (Wildman–Crippen MR) is 70.7 cm³/mol. The van der Waals surface area contributed by atoms with Crippen molar-refractivity contribution in [3.8, 4) is 0 Å². The first-order chi connectivity index (χ1) is 8.30. The van der Waals surface area contributed by atoms with Crippen molar-refractivity contribution in [3.05, 3.63) is 72.7 Å². The van der Waals surface area contributed by atoms with Crippen molar-refractivity contribution in [2.45, 2.75) is 6.42 Å². The number of carbonyl (C=O) groups is 1. The molecule has 0 saturated carbocycles. The van der Waals surface area contributed by atoms with Gasteiger partial charge >= 0.3 is 0 Å². The van der Waals surface area contributed by atoms with E-state index in [0.717, 1.165) is 6.42 Å². The third kappa shape index (κ3) is 5.99. The quantitative estimate of drug-likeness (QED) is 0.722. The summed E-state index contributed by atoms with van der Waals surface area (Å²) in [7, 11) is 0. The summed E-state index contributed by atoms with van der Waals surface area (Å²) in [5, 5.41) is 2.92. The SMILES string of the molecule is C1=CC=CNC=C1.NC(=O)C1=CCC=CC=C1. The van der Waals surface area contributed by atoms with Gasteiger partial charge < -0.3 is 11.1 Å². The molecule has 0 unspecified atom stereocenters. The summed E-state index contributed by atoms with van der Waals surface area (Å²) >= 11 is 0. The molecule has 17 heavy (non-hydrogen) atoms. The second-order valence-corrected chi connectivity index (χ2v) is 3.32. The lowest BCUT2D eigenvalue weighted by molar-refractivity contribution is -0.114. The van der Waals surface area contributed by atoms with E-state index in [9.17, 15) is 4.79 Å². The number of allylic oxidation sites excluding steroid dienone is 8. The molecule has 0 saturated heterocycles. The van der Waals surface area contributed by atoms with Crippen molar-refractivity contribution in [2.24, 2.45) is 5.73 Å². The Balaban J connectivity index is 0.000000181. The second kappa shape index (κ2) is 7.93. The lowest BCUT2D eigenvalue weighted by Gasteiger charge is -1.90. The average Bonchev–Trinajstić information content (AvgIpc) is 2.77. The van der Waals surface area contributed by atoms with Crippen LogP contribution >= 0.6 is 0 Å².